The molecule has 2 aliphatic heterocycles. The van der Waals surface area contributed by atoms with Gasteiger partial charge in [-0.25, -0.2) is 4.98 Å². The zero-order valence-corrected chi connectivity index (χ0v) is 16.0. The van der Waals surface area contributed by atoms with E-state index in [2.05, 4.69) is 34.8 Å². The van der Waals surface area contributed by atoms with Crippen molar-refractivity contribution >= 4 is 5.71 Å². The number of aliphatic imine (C=N–C) groups is 1. The predicted octanol–water partition coefficient (Wildman–Crippen LogP) is 2.75. The van der Waals surface area contributed by atoms with Crippen LogP contribution in [-0.2, 0) is 13.0 Å². The van der Waals surface area contributed by atoms with Crippen LogP contribution in [0.4, 0.5) is 0 Å². The zero-order valence-electron chi connectivity index (χ0n) is 16.0. The van der Waals surface area contributed by atoms with Crippen LogP contribution in [0, 0.1) is 13.8 Å². The molecule has 3 heterocycles. The second kappa shape index (κ2) is 7.64. The van der Waals surface area contributed by atoms with Crippen LogP contribution in [0.25, 0.3) is 0 Å². The maximum atomic E-state index is 12.6. The number of rotatable bonds is 4. The van der Waals surface area contributed by atoms with Gasteiger partial charge in [-0.3, -0.25) is 14.7 Å². The molecule has 1 N–H and O–H groups in total. The number of benzene rings is 1. The van der Waals surface area contributed by atoms with Gasteiger partial charge in [0.25, 0.3) is 5.56 Å². The maximum Gasteiger partial charge on any atom is 0.255 e. The molecule has 0 saturated heterocycles. The molecule has 6 nitrogen and oxygen atoms in total. The molecule has 0 atom stereocenters. The topological polar surface area (TPSA) is 70.6 Å². The molecule has 0 fully saturated rings. The molecule has 2 aliphatic rings. The summed E-state index contributed by atoms with van der Waals surface area (Å²) in [5.41, 5.74) is 4.94. The molecule has 0 aliphatic carbocycles. The van der Waals surface area contributed by atoms with Crippen LogP contribution in [0.3, 0.4) is 0 Å². The molecule has 27 heavy (non-hydrogen) atoms. The fourth-order valence-electron chi connectivity index (χ4n) is 3.66. The molecule has 4 rings (SSSR count). The Kier molecular flexibility index (Phi) is 5.07. The van der Waals surface area contributed by atoms with Gasteiger partial charge in [0.05, 0.1) is 17.0 Å². The van der Waals surface area contributed by atoms with Gasteiger partial charge in [-0.15, -0.1) is 0 Å². The van der Waals surface area contributed by atoms with E-state index in [1.54, 1.807) is 0 Å². The van der Waals surface area contributed by atoms with Crippen molar-refractivity contribution in [2.24, 2.45) is 4.99 Å². The third-order valence-electron chi connectivity index (χ3n) is 5.50. The molecule has 2 aromatic rings. The van der Waals surface area contributed by atoms with Crippen molar-refractivity contribution in [2.45, 2.75) is 46.1 Å². The first-order valence-corrected chi connectivity index (χ1v) is 9.69. The van der Waals surface area contributed by atoms with Crippen LogP contribution >= 0.6 is 0 Å². The molecule has 6 heteroatoms. The lowest BCUT2D eigenvalue weighted by molar-refractivity contribution is 0.112. The lowest BCUT2D eigenvalue weighted by Crippen LogP contribution is -2.38. The highest BCUT2D eigenvalue weighted by molar-refractivity contribution is 5.97. The Labute approximate surface area is 159 Å². The highest BCUT2D eigenvalue weighted by Crippen LogP contribution is 2.22. The number of nitrogens with one attached hydrogen (secondary N) is 1. The second-order valence-corrected chi connectivity index (χ2v) is 7.40. The Morgan fingerprint density at radius 2 is 2.11 bits per heavy atom. The van der Waals surface area contributed by atoms with Gasteiger partial charge in [-0.1, -0.05) is 12.1 Å². The average Bonchev–Trinajstić information content (AvgIpc) is 2.70. The van der Waals surface area contributed by atoms with Crippen molar-refractivity contribution in [1.29, 1.82) is 0 Å². The van der Waals surface area contributed by atoms with E-state index in [0.29, 0.717) is 19.1 Å². The van der Waals surface area contributed by atoms with Gasteiger partial charge in [0, 0.05) is 26.1 Å². The molecule has 0 amide bonds. The molecular formula is C21H26N4O2. The summed E-state index contributed by atoms with van der Waals surface area (Å²) in [6.45, 7) is 6.85. The number of H-pyrrole nitrogens is 1. The Hall–Kier alpha value is -2.47. The molecule has 0 spiro atoms. The monoisotopic (exact) mass is 366 g/mol. The lowest BCUT2D eigenvalue weighted by Gasteiger charge is -2.28. The normalized spacial score (nSPS) is 17.3. The summed E-state index contributed by atoms with van der Waals surface area (Å²) in [5.74, 6) is 1.57. The summed E-state index contributed by atoms with van der Waals surface area (Å²) < 4.78 is 6.01. The van der Waals surface area contributed by atoms with Gasteiger partial charge in [-0.05, 0) is 50.3 Å². The summed E-state index contributed by atoms with van der Waals surface area (Å²) in [6.07, 6.45) is 3.89. The van der Waals surface area contributed by atoms with E-state index in [1.165, 1.54) is 5.56 Å². The van der Waals surface area contributed by atoms with E-state index in [-0.39, 0.29) is 5.56 Å². The molecular weight excluding hydrogens is 340 g/mol. The SMILES string of the molecule is Cc1cccc(OCN2CCc3nc(C4=NCCCC4)[nH]c(=O)c3C2)c1C. The van der Waals surface area contributed by atoms with Crippen LogP contribution in [0.15, 0.2) is 28.0 Å². The zero-order chi connectivity index (χ0) is 18.8. The first kappa shape index (κ1) is 17.9. The number of ether oxygens (including phenoxy) is 1. The van der Waals surface area contributed by atoms with Crippen molar-refractivity contribution in [3.8, 4) is 5.75 Å². The summed E-state index contributed by atoms with van der Waals surface area (Å²) in [7, 11) is 0. The maximum absolute atomic E-state index is 12.6. The van der Waals surface area contributed by atoms with Gasteiger partial charge in [0.1, 0.15) is 12.5 Å². The number of aromatic nitrogens is 2. The molecule has 1 aromatic heterocycles. The first-order valence-electron chi connectivity index (χ1n) is 9.69. The summed E-state index contributed by atoms with van der Waals surface area (Å²) in [4.78, 5) is 27.0. The highest BCUT2D eigenvalue weighted by atomic mass is 16.5. The van der Waals surface area contributed by atoms with Crippen molar-refractivity contribution in [3.63, 3.8) is 0 Å². The number of aryl methyl sites for hydroxylation is 1. The average molecular weight is 366 g/mol. The van der Waals surface area contributed by atoms with Gasteiger partial charge in [0.15, 0.2) is 5.82 Å². The van der Waals surface area contributed by atoms with Crippen LogP contribution < -0.4 is 10.3 Å². The number of fused-ring (bicyclic) bond motifs is 1. The molecule has 142 valence electrons. The van der Waals surface area contributed by atoms with Crippen molar-refractivity contribution in [2.75, 3.05) is 19.8 Å². The highest BCUT2D eigenvalue weighted by Gasteiger charge is 2.23. The Balaban J connectivity index is 1.47. The number of nitrogens with zero attached hydrogens (tertiary/aromatic N) is 3. The summed E-state index contributed by atoms with van der Waals surface area (Å²) >= 11 is 0. The fourth-order valence-corrected chi connectivity index (χ4v) is 3.66. The van der Waals surface area contributed by atoms with E-state index in [1.807, 2.05) is 12.1 Å². The third kappa shape index (κ3) is 3.81. The van der Waals surface area contributed by atoms with E-state index in [9.17, 15) is 4.79 Å². The van der Waals surface area contributed by atoms with E-state index < -0.39 is 0 Å². The van der Waals surface area contributed by atoms with Gasteiger partial charge >= 0.3 is 0 Å². The molecule has 0 radical (unpaired) electrons. The van der Waals surface area contributed by atoms with Gasteiger partial charge < -0.3 is 9.72 Å². The molecule has 0 bridgehead atoms. The quantitative estimate of drug-likeness (QED) is 0.903. The molecule has 0 saturated carbocycles. The minimum absolute atomic E-state index is 0.0419. The summed E-state index contributed by atoms with van der Waals surface area (Å²) in [5, 5.41) is 0. The van der Waals surface area contributed by atoms with E-state index in [4.69, 9.17) is 9.72 Å². The smallest absolute Gasteiger partial charge is 0.255 e. The largest absolute Gasteiger partial charge is 0.478 e. The fraction of sp³-hybridized carbons (Fsp3) is 0.476. The van der Waals surface area contributed by atoms with Crippen molar-refractivity contribution in [3.05, 3.63) is 56.8 Å². The Bertz CT molecular complexity index is 932. The molecule has 1 aromatic carbocycles. The van der Waals surface area contributed by atoms with E-state index in [0.717, 1.165) is 67.1 Å². The van der Waals surface area contributed by atoms with Crippen LogP contribution in [0.1, 0.15) is 47.5 Å². The second-order valence-electron chi connectivity index (χ2n) is 7.40. The minimum atomic E-state index is -0.0419. The minimum Gasteiger partial charge on any atom is -0.478 e. The van der Waals surface area contributed by atoms with Gasteiger partial charge in [0.2, 0.25) is 0 Å². The number of hydrogen-bond donors (Lipinski definition) is 1. The standard InChI is InChI=1S/C21H26N4O2/c1-14-6-5-8-19(15(14)2)27-13-25-11-9-17-16(12-25)21(26)24-20(23-17)18-7-3-4-10-22-18/h5-6,8H,3-4,7,9-13H2,1-2H3,(H,23,24,26). The van der Waals surface area contributed by atoms with Crippen LogP contribution in [0.2, 0.25) is 0 Å². The van der Waals surface area contributed by atoms with Crippen LogP contribution in [0.5, 0.6) is 5.75 Å². The lowest BCUT2D eigenvalue weighted by atomic mass is 10.1. The molecule has 0 unspecified atom stereocenters. The van der Waals surface area contributed by atoms with Gasteiger partial charge in [-0.2, -0.15) is 0 Å². The van der Waals surface area contributed by atoms with E-state index >= 15 is 0 Å². The third-order valence-corrected chi connectivity index (χ3v) is 5.50. The van der Waals surface area contributed by atoms with Crippen molar-refractivity contribution in [1.82, 2.24) is 14.9 Å². The number of hydrogen-bond acceptors (Lipinski definition) is 5. The van der Waals surface area contributed by atoms with Crippen molar-refractivity contribution < 1.29 is 4.74 Å². The Morgan fingerprint density at radius 1 is 1.22 bits per heavy atom. The summed E-state index contributed by atoms with van der Waals surface area (Å²) in [6, 6.07) is 6.08. The predicted molar refractivity (Wildman–Crippen MR) is 106 cm³/mol. The number of aromatic amines is 1. The Morgan fingerprint density at radius 3 is 2.93 bits per heavy atom. The van der Waals surface area contributed by atoms with Crippen LogP contribution in [-0.4, -0.2) is 40.4 Å². The first-order chi connectivity index (χ1) is 13.1.